The fourth-order valence-electron chi connectivity index (χ4n) is 3.36. The molecule has 2 aromatic carbocycles. The van der Waals surface area contributed by atoms with Crippen molar-refractivity contribution >= 4 is 23.0 Å². The van der Waals surface area contributed by atoms with E-state index in [4.69, 9.17) is 9.47 Å². The zero-order valence-corrected chi connectivity index (χ0v) is 16.5. The number of carbonyl (C=O) groups is 1. The van der Waals surface area contributed by atoms with Gasteiger partial charge in [0.15, 0.2) is 5.79 Å². The molecule has 29 heavy (non-hydrogen) atoms. The maximum absolute atomic E-state index is 12.5. The minimum atomic E-state index is -0.617. The number of para-hydroxylation sites is 1. The Morgan fingerprint density at radius 1 is 1.21 bits per heavy atom. The van der Waals surface area contributed by atoms with Crippen LogP contribution in [0, 0.1) is 16.0 Å². The lowest BCUT2D eigenvalue weighted by Gasteiger charge is -2.26. The summed E-state index contributed by atoms with van der Waals surface area (Å²) in [5, 5.41) is 17.3. The summed E-state index contributed by atoms with van der Waals surface area (Å²) in [7, 11) is 0. The highest BCUT2D eigenvalue weighted by molar-refractivity contribution is 5.95. The Labute approximate surface area is 169 Å². The molecule has 1 amide bonds. The SMILES string of the molecule is CC(CNC(=O)c1ccc(Nc2ccccc2)c([N+](=O)[O-])c1)CC1(C)OCCO1. The molecule has 0 aliphatic carbocycles. The lowest BCUT2D eigenvalue weighted by Crippen LogP contribution is -2.34. The Kier molecular flexibility index (Phi) is 6.46. The van der Waals surface area contributed by atoms with Crippen LogP contribution in [0.15, 0.2) is 48.5 Å². The van der Waals surface area contributed by atoms with Crippen molar-refractivity contribution in [1.29, 1.82) is 0 Å². The maximum atomic E-state index is 12.5. The summed E-state index contributed by atoms with van der Waals surface area (Å²) in [6.45, 7) is 5.44. The van der Waals surface area contributed by atoms with Gasteiger partial charge in [-0.2, -0.15) is 0 Å². The molecule has 0 spiro atoms. The average Bonchev–Trinajstić information content (AvgIpc) is 3.13. The number of rotatable bonds is 8. The largest absolute Gasteiger partial charge is 0.352 e. The van der Waals surface area contributed by atoms with Gasteiger partial charge in [0.2, 0.25) is 0 Å². The second-order valence-electron chi connectivity index (χ2n) is 7.33. The topological polar surface area (TPSA) is 103 Å². The van der Waals surface area contributed by atoms with Crippen molar-refractivity contribution in [3.8, 4) is 0 Å². The monoisotopic (exact) mass is 399 g/mol. The van der Waals surface area contributed by atoms with Crippen LogP contribution < -0.4 is 10.6 Å². The smallest absolute Gasteiger partial charge is 0.293 e. The van der Waals surface area contributed by atoms with Crippen LogP contribution in [0.3, 0.4) is 0 Å². The molecule has 1 atom stereocenters. The van der Waals surface area contributed by atoms with E-state index in [0.717, 1.165) is 5.69 Å². The fraction of sp³-hybridized carbons (Fsp3) is 0.381. The Hall–Kier alpha value is -2.97. The highest BCUT2D eigenvalue weighted by atomic mass is 16.7. The molecule has 1 unspecified atom stereocenters. The van der Waals surface area contributed by atoms with Crippen molar-refractivity contribution in [2.24, 2.45) is 5.92 Å². The van der Waals surface area contributed by atoms with Crippen LogP contribution in [-0.4, -0.2) is 36.4 Å². The summed E-state index contributed by atoms with van der Waals surface area (Å²) >= 11 is 0. The highest BCUT2D eigenvalue weighted by Gasteiger charge is 2.32. The molecular weight excluding hydrogens is 374 g/mol. The van der Waals surface area contributed by atoms with E-state index in [9.17, 15) is 14.9 Å². The Balaban J connectivity index is 1.64. The van der Waals surface area contributed by atoms with Gasteiger partial charge < -0.3 is 20.1 Å². The summed E-state index contributed by atoms with van der Waals surface area (Å²) in [5.41, 5.74) is 1.14. The van der Waals surface area contributed by atoms with Crippen LogP contribution in [0.1, 0.15) is 30.6 Å². The molecule has 0 aromatic heterocycles. The summed E-state index contributed by atoms with van der Waals surface area (Å²) in [6, 6.07) is 13.6. The summed E-state index contributed by atoms with van der Waals surface area (Å²) in [5.74, 6) is -0.853. The number of nitrogens with one attached hydrogen (secondary N) is 2. The first-order valence-corrected chi connectivity index (χ1v) is 9.53. The number of benzene rings is 2. The Bertz CT molecular complexity index is 866. The maximum Gasteiger partial charge on any atom is 0.293 e. The number of nitro groups is 1. The number of anilines is 2. The fourth-order valence-corrected chi connectivity index (χ4v) is 3.36. The number of ether oxygens (including phenoxy) is 2. The molecule has 154 valence electrons. The van der Waals surface area contributed by atoms with Crippen LogP contribution in [0.25, 0.3) is 0 Å². The minimum Gasteiger partial charge on any atom is -0.352 e. The van der Waals surface area contributed by atoms with Crippen LogP contribution in [0.5, 0.6) is 0 Å². The molecule has 1 aliphatic rings. The van der Waals surface area contributed by atoms with Crippen LogP contribution in [0.2, 0.25) is 0 Å². The van der Waals surface area contributed by atoms with Gasteiger partial charge in [-0.3, -0.25) is 14.9 Å². The molecule has 1 saturated heterocycles. The van der Waals surface area contributed by atoms with E-state index in [1.807, 2.05) is 44.2 Å². The molecule has 3 rings (SSSR count). The summed E-state index contributed by atoms with van der Waals surface area (Å²) < 4.78 is 11.2. The van der Waals surface area contributed by atoms with Gasteiger partial charge in [0.05, 0.1) is 18.1 Å². The summed E-state index contributed by atoms with van der Waals surface area (Å²) in [4.78, 5) is 23.5. The molecule has 1 fully saturated rings. The van der Waals surface area contributed by atoms with Gasteiger partial charge in [0.1, 0.15) is 5.69 Å². The Morgan fingerprint density at radius 2 is 1.90 bits per heavy atom. The first-order chi connectivity index (χ1) is 13.9. The molecule has 2 aromatic rings. The van der Waals surface area contributed by atoms with Crippen molar-refractivity contribution < 1.29 is 19.2 Å². The van der Waals surface area contributed by atoms with Crippen molar-refractivity contribution in [1.82, 2.24) is 5.32 Å². The highest BCUT2D eigenvalue weighted by Crippen LogP contribution is 2.29. The third-order valence-electron chi connectivity index (χ3n) is 4.74. The van der Waals surface area contributed by atoms with Gasteiger partial charge in [-0.25, -0.2) is 0 Å². The third-order valence-corrected chi connectivity index (χ3v) is 4.74. The lowest BCUT2D eigenvalue weighted by atomic mass is 10.0. The third kappa shape index (κ3) is 5.52. The number of hydrogen-bond acceptors (Lipinski definition) is 6. The van der Waals surface area contributed by atoms with Gasteiger partial charge in [-0.05, 0) is 37.1 Å². The number of carbonyl (C=O) groups excluding carboxylic acids is 1. The Morgan fingerprint density at radius 3 is 2.55 bits per heavy atom. The molecule has 0 saturated carbocycles. The van der Waals surface area contributed by atoms with E-state index in [-0.39, 0.29) is 23.1 Å². The van der Waals surface area contributed by atoms with Crippen molar-refractivity contribution in [3.63, 3.8) is 0 Å². The van der Waals surface area contributed by atoms with Crippen molar-refractivity contribution in [2.75, 3.05) is 25.1 Å². The van der Waals surface area contributed by atoms with Crippen molar-refractivity contribution in [3.05, 3.63) is 64.2 Å². The zero-order chi connectivity index (χ0) is 20.9. The van der Waals surface area contributed by atoms with Gasteiger partial charge in [-0.1, -0.05) is 25.1 Å². The molecule has 0 radical (unpaired) electrons. The van der Waals surface area contributed by atoms with Crippen LogP contribution >= 0.6 is 0 Å². The molecule has 2 N–H and O–H groups in total. The molecule has 1 aliphatic heterocycles. The van der Waals surface area contributed by atoms with E-state index in [0.29, 0.717) is 31.9 Å². The number of hydrogen-bond donors (Lipinski definition) is 2. The average molecular weight is 399 g/mol. The molecule has 1 heterocycles. The molecule has 0 bridgehead atoms. The molecule has 8 nitrogen and oxygen atoms in total. The van der Waals surface area contributed by atoms with Gasteiger partial charge in [0.25, 0.3) is 11.6 Å². The first-order valence-electron chi connectivity index (χ1n) is 9.53. The number of nitrogens with zero attached hydrogens (tertiary/aromatic N) is 1. The van der Waals surface area contributed by atoms with E-state index in [1.54, 1.807) is 12.1 Å². The quantitative estimate of drug-likeness (QED) is 0.516. The lowest BCUT2D eigenvalue weighted by molar-refractivity contribution is -0.383. The predicted octanol–water partition coefficient (Wildman–Crippen LogP) is 3.86. The first kappa shape index (κ1) is 20.8. The van der Waals surface area contributed by atoms with E-state index < -0.39 is 10.7 Å². The minimum absolute atomic E-state index is 0.121. The standard InChI is InChI=1S/C21H25N3O5/c1-15(13-21(2)28-10-11-29-21)14-22-20(25)16-8-9-18(19(12-16)24(26)27)23-17-6-4-3-5-7-17/h3-9,12,15,23H,10-11,13-14H2,1-2H3,(H,22,25). The van der Waals surface area contributed by atoms with E-state index in [1.165, 1.54) is 6.07 Å². The van der Waals surface area contributed by atoms with Crippen LogP contribution in [-0.2, 0) is 9.47 Å². The van der Waals surface area contributed by atoms with Gasteiger partial charge in [0, 0.05) is 30.3 Å². The van der Waals surface area contributed by atoms with Gasteiger partial charge in [-0.15, -0.1) is 0 Å². The second-order valence-corrected chi connectivity index (χ2v) is 7.33. The predicted molar refractivity (Wildman–Crippen MR) is 109 cm³/mol. The number of nitro benzene ring substituents is 1. The normalized spacial score (nSPS) is 16.2. The summed E-state index contributed by atoms with van der Waals surface area (Å²) in [6.07, 6.45) is 0.646. The zero-order valence-electron chi connectivity index (χ0n) is 16.5. The molecular formula is C21H25N3O5. The van der Waals surface area contributed by atoms with E-state index >= 15 is 0 Å². The second kappa shape index (κ2) is 9.02. The van der Waals surface area contributed by atoms with Gasteiger partial charge >= 0.3 is 0 Å². The molecule has 8 heteroatoms. The van der Waals surface area contributed by atoms with Crippen molar-refractivity contribution in [2.45, 2.75) is 26.1 Å². The van der Waals surface area contributed by atoms with Crippen LogP contribution in [0.4, 0.5) is 17.1 Å². The van der Waals surface area contributed by atoms with E-state index in [2.05, 4.69) is 10.6 Å². The number of amides is 1.